The molecule has 4 nitrogen and oxygen atoms in total. The number of rotatable bonds is 3. The molecule has 0 unspecified atom stereocenters. The summed E-state index contributed by atoms with van der Waals surface area (Å²) in [6, 6.07) is 7.61. The molecule has 0 saturated carbocycles. The van der Waals surface area contributed by atoms with E-state index in [0.29, 0.717) is 12.1 Å². The lowest BCUT2D eigenvalue weighted by Crippen LogP contribution is -2.25. The number of H-pyrrole nitrogens is 1. The number of aromatic nitrogens is 2. The Labute approximate surface area is 128 Å². The maximum Gasteiger partial charge on any atom is 0.253 e. The zero-order valence-electron chi connectivity index (χ0n) is 10.8. The monoisotopic (exact) mass is 349 g/mol. The van der Waals surface area contributed by atoms with E-state index in [9.17, 15) is 4.79 Å². The van der Waals surface area contributed by atoms with Gasteiger partial charge in [-0.25, -0.2) is 0 Å². The number of nitrogens with one attached hydrogen (secondary N) is 1. The van der Waals surface area contributed by atoms with Crippen molar-refractivity contribution in [2.45, 2.75) is 6.54 Å². The van der Waals surface area contributed by atoms with Crippen LogP contribution in [0.1, 0.15) is 15.2 Å². The molecule has 0 aliphatic rings. The maximum atomic E-state index is 12.4. The number of thiophene rings is 1. The molecule has 0 fully saturated rings. The number of carbonyl (C=O) groups is 1. The minimum Gasteiger partial charge on any atom is -0.337 e. The van der Waals surface area contributed by atoms with Crippen LogP contribution >= 0.6 is 27.3 Å². The average molecular weight is 350 g/mol. The molecule has 0 aliphatic carbocycles. The second-order valence-corrected chi connectivity index (χ2v) is 6.48. The molecule has 1 N–H and O–H groups in total. The molecule has 0 spiro atoms. The molecular weight excluding hydrogens is 338 g/mol. The molecule has 1 aromatic carbocycles. The lowest BCUT2D eigenvalue weighted by atomic mass is 10.1. The average Bonchev–Trinajstić information content (AvgIpc) is 3.05. The molecular formula is C14H12BrN3OS. The first-order valence-electron chi connectivity index (χ1n) is 6.05. The first-order chi connectivity index (χ1) is 9.63. The number of carbonyl (C=O) groups excluding carboxylic acids is 1. The second-order valence-electron chi connectivity index (χ2n) is 4.56. The van der Waals surface area contributed by atoms with E-state index in [1.54, 1.807) is 22.4 Å². The van der Waals surface area contributed by atoms with Crippen LogP contribution in [0.2, 0.25) is 0 Å². The summed E-state index contributed by atoms with van der Waals surface area (Å²) in [4.78, 5) is 15.3. The minimum atomic E-state index is 0.00558. The predicted molar refractivity (Wildman–Crippen MR) is 83.9 cm³/mol. The van der Waals surface area contributed by atoms with Crippen LogP contribution in [0.15, 0.2) is 40.3 Å². The molecule has 0 saturated heterocycles. The van der Waals surface area contributed by atoms with Crippen molar-refractivity contribution in [3.8, 4) is 0 Å². The number of amides is 1. The Morgan fingerprint density at radius 1 is 1.45 bits per heavy atom. The van der Waals surface area contributed by atoms with Crippen molar-refractivity contribution < 1.29 is 4.79 Å². The van der Waals surface area contributed by atoms with E-state index in [0.717, 1.165) is 20.3 Å². The SMILES string of the molecule is CN(Cc1cc(Br)cs1)C(=O)c1ccc2cn[nH]c2c1. The third-order valence-corrected chi connectivity index (χ3v) is 4.73. The van der Waals surface area contributed by atoms with E-state index in [1.165, 1.54) is 0 Å². The van der Waals surface area contributed by atoms with Crippen LogP contribution in [-0.4, -0.2) is 28.1 Å². The van der Waals surface area contributed by atoms with Crippen LogP contribution in [0.5, 0.6) is 0 Å². The van der Waals surface area contributed by atoms with Gasteiger partial charge in [0.25, 0.3) is 5.91 Å². The largest absolute Gasteiger partial charge is 0.337 e. The summed E-state index contributed by atoms with van der Waals surface area (Å²) in [6.07, 6.45) is 1.75. The third-order valence-electron chi connectivity index (χ3n) is 3.05. The summed E-state index contributed by atoms with van der Waals surface area (Å²) >= 11 is 5.06. The van der Waals surface area contributed by atoms with Crippen LogP contribution in [-0.2, 0) is 6.54 Å². The molecule has 0 bridgehead atoms. The highest BCUT2D eigenvalue weighted by molar-refractivity contribution is 9.10. The van der Waals surface area contributed by atoms with Crippen molar-refractivity contribution in [2.75, 3.05) is 7.05 Å². The molecule has 3 rings (SSSR count). The summed E-state index contributed by atoms with van der Waals surface area (Å²) in [6.45, 7) is 0.607. The van der Waals surface area contributed by atoms with Gasteiger partial charge in [-0.2, -0.15) is 5.10 Å². The van der Waals surface area contributed by atoms with Crippen LogP contribution < -0.4 is 0 Å². The number of nitrogens with zero attached hydrogens (tertiary/aromatic N) is 2. The molecule has 1 amide bonds. The molecule has 0 aliphatic heterocycles. The summed E-state index contributed by atoms with van der Waals surface area (Å²) in [5, 5.41) is 9.87. The highest BCUT2D eigenvalue weighted by atomic mass is 79.9. The maximum absolute atomic E-state index is 12.4. The minimum absolute atomic E-state index is 0.00558. The van der Waals surface area contributed by atoms with Gasteiger partial charge >= 0.3 is 0 Å². The van der Waals surface area contributed by atoms with Gasteiger partial charge in [-0.3, -0.25) is 9.89 Å². The fraction of sp³-hybridized carbons (Fsp3) is 0.143. The lowest BCUT2D eigenvalue weighted by molar-refractivity contribution is 0.0786. The Bertz CT molecular complexity index is 764. The molecule has 2 aromatic heterocycles. The predicted octanol–water partition coefficient (Wildman–Crippen LogP) is 3.66. The standard InChI is InChI=1S/C14H12BrN3OS/c1-18(7-12-5-11(15)8-20-12)14(19)9-2-3-10-6-16-17-13(10)4-9/h2-6,8H,7H2,1H3,(H,16,17). The van der Waals surface area contributed by atoms with Crippen molar-refractivity contribution in [1.82, 2.24) is 15.1 Å². The third kappa shape index (κ3) is 2.62. The van der Waals surface area contributed by atoms with Crippen molar-refractivity contribution in [3.05, 3.63) is 50.8 Å². The van der Waals surface area contributed by atoms with Gasteiger partial charge in [-0.1, -0.05) is 6.07 Å². The number of halogens is 1. The van der Waals surface area contributed by atoms with Gasteiger partial charge in [0.1, 0.15) is 0 Å². The zero-order valence-corrected chi connectivity index (χ0v) is 13.2. The van der Waals surface area contributed by atoms with Gasteiger partial charge in [0.05, 0.1) is 18.3 Å². The van der Waals surface area contributed by atoms with E-state index in [-0.39, 0.29) is 5.91 Å². The summed E-state index contributed by atoms with van der Waals surface area (Å²) in [5.41, 5.74) is 1.54. The van der Waals surface area contributed by atoms with Crippen molar-refractivity contribution in [2.24, 2.45) is 0 Å². The zero-order chi connectivity index (χ0) is 14.1. The van der Waals surface area contributed by atoms with E-state index in [4.69, 9.17) is 0 Å². The molecule has 0 radical (unpaired) electrons. The number of benzene rings is 1. The smallest absolute Gasteiger partial charge is 0.253 e. The molecule has 3 aromatic rings. The quantitative estimate of drug-likeness (QED) is 0.784. The molecule has 102 valence electrons. The molecule has 20 heavy (non-hydrogen) atoms. The van der Waals surface area contributed by atoms with Gasteiger partial charge in [0, 0.05) is 32.7 Å². The topological polar surface area (TPSA) is 49.0 Å². The lowest BCUT2D eigenvalue weighted by Gasteiger charge is -2.16. The first-order valence-corrected chi connectivity index (χ1v) is 7.72. The number of hydrogen-bond acceptors (Lipinski definition) is 3. The Morgan fingerprint density at radius 2 is 2.30 bits per heavy atom. The molecule has 6 heteroatoms. The Balaban J connectivity index is 1.80. The van der Waals surface area contributed by atoms with Gasteiger partial charge < -0.3 is 4.90 Å². The van der Waals surface area contributed by atoms with Gasteiger partial charge in [0.2, 0.25) is 0 Å². The van der Waals surface area contributed by atoms with E-state index < -0.39 is 0 Å². The van der Waals surface area contributed by atoms with Crippen molar-refractivity contribution in [3.63, 3.8) is 0 Å². The highest BCUT2D eigenvalue weighted by Gasteiger charge is 2.13. The fourth-order valence-electron chi connectivity index (χ4n) is 2.03. The van der Waals surface area contributed by atoms with Crippen LogP contribution in [0, 0.1) is 0 Å². The number of hydrogen-bond donors (Lipinski definition) is 1. The Kier molecular flexibility index (Phi) is 3.58. The van der Waals surface area contributed by atoms with E-state index >= 15 is 0 Å². The number of aromatic amines is 1. The molecule has 0 atom stereocenters. The number of fused-ring (bicyclic) bond motifs is 1. The fourth-order valence-corrected chi connectivity index (χ4v) is 3.54. The second kappa shape index (κ2) is 5.38. The van der Waals surface area contributed by atoms with Crippen LogP contribution in [0.3, 0.4) is 0 Å². The Morgan fingerprint density at radius 3 is 3.05 bits per heavy atom. The summed E-state index contributed by atoms with van der Waals surface area (Å²) in [7, 11) is 1.81. The first kappa shape index (κ1) is 13.3. The normalized spacial score (nSPS) is 10.9. The van der Waals surface area contributed by atoms with E-state index in [2.05, 4.69) is 26.1 Å². The molecule has 2 heterocycles. The Hall–Kier alpha value is -1.66. The van der Waals surface area contributed by atoms with E-state index in [1.807, 2.05) is 36.7 Å². The van der Waals surface area contributed by atoms with Gasteiger partial charge in [-0.15, -0.1) is 11.3 Å². The van der Waals surface area contributed by atoms with Gasteiger partial charge in [-0.05, 0) is 34.1 Å². The van der Waals surface area contributed by atoms with Crippen molar-refractivity contribution in [1.29, 1.82) is 0 Å². The summed E-state index contributed by atoms with van der Waals surface area (Å²) in [5.74, 6) is 0.00558. The summed E-state index contributed by atoms with van der Waals surface area (Å²) < 4.78 is 1.05. The van der Waals surface area contributed by atoms with Crippen LogP contribution in [0.25, 0.3) is 10.9 Å². The van der Waals surface area contributed by atoms with Crippen molar-refractivity contribution >= 4 is 44.1 Å². The highest BCUT2D eigenvalue weighted by Crippen LogP contribution is 2.22. The van der Waals surface area contributed by atoms with Gasteiger partial charge in [0.15, 0.2) is 0 Å². The van der Waals surface area contributed by atoms with Crippen LogP contribution in [0.4, 0.5) is 0 Å².